The zero-order valence-corrected chi connectivity index (χ0v) is 13.6. The van der Waals surface area contributed by atoms with Crippen molar-refractivity contribution < 1.29 is 13.2 Å². The van der Waals surface area contributed by atoms with E-state index < -0.39 is 9.84 Å². The van der Waals surface area contributed by atoms with Gasteiger partial charge in [0.2, 0.25) is 5.91 Å². The highest BCUT2D eigenvalue weighted by Crippen LogP contribution is 2.29. The maximum absolute atomic E-state index is 12.2. The van der Waals surface area contributed by atoms with Gasteiger partial charge in [-0.25, -0.2) is 8.42 Å². The van der Waals surface area contributed by atoms with Gasteiger partial charge in [-0.05, 0) is 38.3 Å². The quantitative estimate of drug-likeness (QED) is 0.704. The highest BCUT2D eigenvalue weighted by molar-refractivity contribution is 7.91. The summed E-state index contributed by atoms with van der Waals surface area (Å²) in [4.78, 5) is 14.3. The van der Waals surface area contributed by atoms with Crippen molar-refractivity contribution in [2.45, 2.75) is 44.7 Å². The molecule has 3 atom stereocenters. The molecule has 1 saturated carbocycles. The van der Waals surface area contributed by atoms with Crippen LogP contribution in [0.5, 0.6) is 0 Å². The summed E-state index contributed by atoms with van der Waals surface area (Å²) in [5.74, 6) is 0.679. The Kier molecular flexibility index (Phi) is 5.62. The van der Waals surface area contributed by atoms with Crippen molar-refractivity contribution in [3.05, 3.63) is 0 Å². The Morgan fingerprint density at radius 3 is 2.67 bits per heavy atom. The summed E-state index contributed by atoms with van der Waals surface area (Å²) in [6.07, 6.45) is 3.95. The Balaban J connectivity index is 1.85. The van der Waals surface area contributed by atoms with Crippen LogP contribution >= 0.6 is 0 Å². The number of rotatable bonds is 6. The first-order valence-electron chi connectivity index (χ1n) is 7.89. The normalized spacial score (nSPS) is 31.7. The maximum atomic E-state index is 12.2. The number of amides is 1. The van der Waals surface area contributed by atoms with Gasteiger partial charge < -0.3 is 11.1 Å². The lowest BCUT2D eigenvalue weighted by molar-refractivity contribution is -0.123. The van der Waals surface area contributed by atoms with Crippen molar-refractivity contribution in [2.24, 2.45) is 11.7 Å². The molecule has 2 fully saturated rings. The van der Waals surface area contributed by atoms with Gasteiger partial charge in [-0.2, -0.15) is 0 Å². The van der Waals surface area contributed by atoms with Gasteiger partial charge in [0, 0.05) is 12.1 Å². The molecule has 21 heavy (non-hydrogen) atoms. The predicted molar refractivity (Wildman–Crippen MR) is 82.6 cm³/mol. The topological polar surface area (TPSA) is 92.5 Å². The third-order valence-electron chi connectivity index (χ3n) is 4.74. The molecule has 0 bridgehead atoms. The van der Waals surface area contributed by atoms with Gasteiger partial charge in [-0.1, -0.05) is 13.3 Å². The molecule has 1 saturated heterocycles. The van der Waals surface area contributed by atoms with Crippen molar-refractivity contribution >= 4 is 15.7 Å². The second-order valence-corrected chi connectivity index (χ2v) is 8.45. The van der Waals surface area contributed by atoms with E-state index in [1.165, 1.54) is 6.42 Å². The molecular weight excluding hydrogens is 290 g/mol. The van der Waals surface area contributed by atoms with Crippen LogP contribution in [0.1, 0.15) is 32.6 Å². The number of sulfone groups is 1. The summed E-state index contributed by atoms with van der Waals surface area (Å²) in [6, 6.07) is 0.174. The molecule has 2 rings (SSSR count). The van der Waals surface area contributed by atoms with E-state index in [1.54, 1.807) is 0 Å². The van der Waals surface area contributed by atoms with E-state index in [-0.39, 0.29) is 23.5 Å². The van der Waals surface area contributed by atoms with Crippen LogP contribution in [0.25, 0.3) is 0 Å². The summed E-state index contributed by atoms with van der Waals surface area (Å²) < 4.78 is 22.8. The Morgan fingerprint density at radius 2 is 2.10 bits per heavy atom. The van der Waals surface area contributed by atoms with E-state index >= 15 is 0 Å². The maximum Gasteiger partial charge on any atom is 0.234 e. The fourth-order valence-electron chi connectivity index (χ4n) is 3.60. The molecule has 1 aliphatic carbocycles. The molecule has 7 heteroatoms. The molecule has 2 aliphatic rings. The van der Waals surface area contributed by atoms with E-state index in [9.17, 15) is 13.2 Å². The lowest BCUT2D eigenvalue weighted by atomic mass is 10.0. The fourth-order valence-corrected chi connectivity index (χ4v) is 5.28. The molecule has 1 heterocycles. The molecule has 1 amide bonds. The first-order valence-corrected chi connectivity index (χ1v) is 9.71. The highest BCUT2D eigenvalue weighted by Gasteiger charge is 2.33. The van der Waals surface area contributed by atoms with E-state index in [4.69, 9.17) is 5.73 Å². The van der Waals surface area contributed by atoms with Crippen molar-refractivity contribution in [3.8, 4) is 0 Å². The standard InChI is InChI=1S/C14H27N3O3S/c1-2-17(13-5-3-4-11(13)8-15)9-14(18)16-12-6-7-21(19,20)10-12/h11-13H,2-10,15H2,1H3,(H,16,18). The molecule has 0 aromatic carbocycles. The van der Waals surface area contributed by atoms with Crippen LogP contribution in [0.2, 0.25) is 0 Å². The molecule has 1 aliphatic heterocycles. The number of nitrogens with two attached hydrogens (primary N) is 1. The summed E-state index contributed by atoms with van der Waals surface area (Å²) >= 11 is 0. The molecule has 0 aromatic heterocycles. The lowest BCUT2D eigenvalue weighted by Gasteiger charge is -2.31. The van der Waals surface area contributed by atoms with Crippen LogP contribution in [-0.2, 0) is 14.6 Å². The van der Waals surface area contributed by atoms with Crippen molar-refractivity contribution in [1.82, 2.24) is 10.2 Å². The fraction of sp³-hybridized carbons (Fsp3) is 0.929. The Hall–Kier alpha value is -0.660. The van der Waals surface area contributed by atoms with Gasteiger partial charge >= 0.3 is 0 Å². The van der Waals surface area contributed by atoms with Gasteiger partial charge in [0.1, 0.15) is 0 Å². The van der Waals surface area contributed by atoms with Gasteiger partial charge in [0.05, 0.1) is 18.1 Å². The van der Waals surface area contributed by atoms with Crippen LogP contribution in [0.15, 0.2) is 0 Å². The lowest BCUT2D eigenvalue weighted by Crippen LogP contribution is -2.47. The van der Waals surface area contributed by atoms with Crippen molar-refractivity contribution in [3.63, 3.8) is 0 Å². The third kappa shape index (κ3) is 4.40. The minimum atomic E-state index is -2.95. The SMILES string of the molecule is CCN(CC(=O)NC1CCS(=O)(=O)C1)C1CCCC1CN. The van der Waals surface area contributed by atoms with Crippen molar-refractivity contribution in [2.75, 3.05) is 31.1 Å². The van der Waals surface area contributed by atoms with E-state index in [1.807, 2.05) is 0 Å². The van der Waals surface area contributed by atoms with Crippen LogP contribution in [0.4, 0.5) is 0 Å². The minimum Gasteiger partial charge on any atom is -0.351 e. The zero-order chi connectivity index (χ0) is 15.5. The van der Waals surface area contributed by atoms with Crippen molar-refractivity contribution in [1.29, 1.82) is 0 Å². The first-order chi connectivity index (χ1) is 9.95. The number of nitrogens with one attached hydrogen (secondary N) is 1. The Bertz CT molecular complexity index is 466. The summed E-state index contributed by atoms with van der Waals surface area (Å²) in [5, 5.41) is 2.86. The smallest absolute Gasteiger partial charge is 0.234 e. The van der Waals surface area contributed by atoms with E-state index in [2.05, 4.69) is 17.1 Å². The number of carbonyl (C=O) groups is 1. The Morgan fingerprint density at radius 1 is 1.33 bits per heavy atom. The zero-order valence-electron chi connectivity index (χ0n) is 12.8. The molecular formula is C14H27N3O3S. The van der Waals surface area contributed by atoms with Crippen LogP contribution in [0.3, 0.4) is 0 Å². The van der Waals surface area contributed by atoms with Crippen LogP contribution in [-0.4, -0.2) is 62.4 Å². The van der Waals surface area contributed by atoms with Crippen LogP contribution in [0, 0.1) is 5.92 Å². The average molecular weight is 317 g/mol. The summed E-state index contributed by atoms with van der Waals surface area (Å²) in [5.41, 5.74) is 5.82. The van der Waals surface area contributed by atoms with Gasteiger partial charge in [0.15, 0.2) is 9.84 Å². The largest absolute Gasteiger partial charge is 0.351 e. The monoisotopic (exact) mass is 317 g/mol. The molecule has 0 spiro atoms. The minimum absolute atomic E-state index is 0.0679. The number of nitrogens with zero attached hydrogens (tertiary/aromatic N) is 1. The number of hydrogen-bond acceptors (Lipinski definition) is 5. The number of likely N-dealkylation sites (N-methyl/N-ethyl adjacent to an activating group) is 1. The first kappa shape index (κ1) is 16.7. The highest BCUT2D eigenvalue weighted by atomic mass is 32.2. The van der Waals surface area contributed by atoms with Crippen LogP contribution < -0.4 is 11.1 Å². The second-order valence-electron chi connectivity index (χ2n) is 6.22. The molecule has 122 valence electrons. The molecule has 3 N–H and O–H groups in total. The number of carbonyl (C=O) groups excluding carboxylic acids is 1. The van der Waals surface area contributed by atoms with Gasteiger partial charge in [0.25, 0.3) is 0 Å². The molecule has 6 nitrogen and oxygen atoms in total. The van der Waals surface area contributed by atoms with E-state index in [0.717, 1.165) is 19.4 Å². The Labute approximate surface area is 127 Å². The average Bonchev–Trinajstić information content (AvgIpc) is 3.02. The van der Waals surface area contributed by atoms with E-state index in [0.29, 0.717) is 31.5 Å². The predicted octanol–water partition coefficient (Wildman–Crippen LogP) is -0.261. The third-order valence-corrected chi connectivity index (χ3v) is 6.51. The molecule has 3 unspecified atom stereocenters. The summed E-state index contributed by atoms with van der Waals surface area (Å²) in [6.45, 7) is 3.88. The number of hydrogen-bond donors (Lipinski definition) is 2. The van der Waals surface area contributed by atoms with Gasteiger partial charge in [-0.3, -0.25) is 9.69 Å². The van der Waals surface area contributed by atoms with Gasteiger partial charge in [-0.15, -0.1) is 0 Å². The summed E-state index contributed by atoms with van der Waals surface area (Å²) in [7, 11) is -2.95. The molecule has 0 aromatic rings. The second kappa shape index (κ2) is 7.07. The molecule has 0 radical (unpaired) electrons.